The Morgan fingerprint density at radius 3 is 2.73 bits per heavy atom. The lowest BCUT2D eigenvalue weighted by Crippen LogP contribution is -2.06. The number of benzene rings is 1. The van der Waals surface area contributed by atoms with Crippen LogP contribution < -0.4 is 0 Å². The summed E-state index contributed by atoms with van der Waals surface area (Å²) in [6.45, 7) is 2.16. The predicted molar refractivity (Wildman–Crippen MR) is 90.4 cm³/mol. The van der Waals surface area contributed by atoms with E-state index in [0.29, 0.717) is 11.5 Å². The standard InChI is InChI=1S/C19H14F2N4O/c1-19(6-7-19)18-24-23-15-5-2-11(9-25(15)18)17-16(22-10-26-17)13-4-3-12(20)8-14(13)21/h2-5,8-10H,6-7H2,1H3. The van der Waals surface area contributed by atoms with Crippen LogP contribution in [0.25, 0.3) is 28.2 Å². The van der Waals surface area contributed by atoms with E-state index in [4.69, 9.17) is 4.42 Å². The van der Waals surface area contributed by atoms with E-state index < -0.39 is 11.6 Å². The highest BCUT2D eigenvalue weighted by atomic mass is 19.1. The molecule has 0 radical (unpaired) electrons. The first-order valence-electron chi connectivity index (χ1n) is 8.30. The van der Waals surface area contributed by atoms with E-state index in [2.05, 4.69) is 22.1 Å². The summed E-state index contributed by atoms with van der Waals surface area (Å²) in [5.41, 5.74) is 2.03. The first kappa shape index (κ1) is 15.2. The van der Waals surface area contributed by atoms with Gasteiger partial charge in [-0.15, -0.1) is 10.2 Å². The molecule has 0 unspecified atom stereocenters. The maximum absolute atomic E-state index is 14.2. The van der Waals surface area contributed by atoms with Gasteiger partial charge < -0.3 is 4.42 Å². The average molecular weight is 352 g/mol. The monoisotopic (exact) mass is 352 g/mol. The molecule has 0 N–H and O–H groups in total. The van der Waals surface area contributed by atoms with Crippen LogP contribution in [0.4, 0.5) is 8.78 Å². The molecule has 1 aliphatic carbocycles. The smallest absolute Gasteiger partial charge is 0.182 e. The van der Waals surface area contributed by atoms with Crippen LogP contribution >= 0.6 is 0 Å². The van der Waals surface area contributed by atoms with Crippen LogP contribution in [-0.2, 0) is 5.41 Å². The van der Waals surface area contributed by atoms with E-state index >= 15 is 0 Å². The SMILES string of the molecule is CC1(c2nnc3ccc(-c4ocnc4-c4ccc(F)cc4F)cn23)CC1. The lowest BCUT2D eigenvalue weighted by molar-refractivity contribution is 0.571. The van der Waals surface area contributed by atoms with Gasteiger partial charge in [0.15, 0.2) is 17.8 Å². The summed E-state index contributed by atoms with van der Waals surface area (Å²) in [5, 5.41) is 8.54. The Morgan fingerprint density at radius 1 is 1.12 bits per heavy atom. The summed E-state index contributed by atoms with van der Waals surface area (Å²) in [5.74, 6) is 0.00242. The molecule has 130 valence electrons. The maximum atomic E-state index is 14.2. The Kier molecular flexibility index (Phi) is 3.04. The molecule has 5 nitrogen and oxygen atoms in total. The van der Waals surface area contributed by atoms with Crippen LogP contribution in [-0.4, -0.2) is 19.6 Å². The molecule has 4 aromatic rings. The van der Waals surface area contributed by atoms with Crippen LogP contribution in [0, 0.1) is 11.6 Å². The number of halogens is 2. The van der Waals surface area contributed by atoms with Crippen molar-refractivity contribution >= 4 is 5.65 Å². The second-order valence-corrected chi connectivity index (χ2v) is 6.88. The molecule has 1 aromatic carbocycles. The van der Waals surface area contributed by atoms with Crippen molar-refractivity contribution in [1.82, 2.24) is 19.6 Å². The van der Waals surface area contributed by atoms with Crippen LogP contribution in [0.15, 0.2) is 47.3 Å². The minimum absolute atomic E-state index is 0.0470. The fourth-order valence-electron chi connectivity index (χ4n) is 3.17. The predicted octanol–water partition coefficient (Wildman–Crippen LogP) is 4.38. The van der Waals surface area contributed by atoms with Crippen molar-refractivity contribution in [3.63, 3.8) is 0 Å². The minimum Gasteiger partial charge on any atom is -0.443 e. The van der Waals surface area contributed by atoms with Gasteiger partial charge in [-0.1, -0.05) is 6.92 Å². The number of aromatic nitrogens is 4. The summed E-state index contributed by atoms with van der Waals surface area (Å²) in [6, 6.07) is 7.06. The molecule has 7 heteroatoms. The fourth-order valence-corrected chi connectivity index (χ4v) is 3.17. The number of rotatable bonds is 3. The van der Waals surface area contributed by atoms with Crippen LogP contribution in [0.5, 0.6) is 0 Å². The summed E-state index contributed by atoms with van der Waals surface area (Å²) < 4.78 is 34.9. The Balaban J connectivity index is 1.66. The van der Waals surface area contributed by atoms with Gasteiger partial charge in [-0.3, -0.25) is 4.40 Å². The largest absolute Gasteiger partial charge is 0.443 e. The normalized spacial score (nSPS) is 15.5. The zero-order valence-corrected chi connectivity index (χ0v) is 13.9. The number of hydrogen-bond acceptors (Lipinski definition) is 4. The second-order valence-electron chi connectivity index (χ2n) is 6.88. The molecule has 5 rings (SSSR count). The molecule has 0 bridgehead atoms. The molecule has 1 saturated carbocycles. The van der Waals surface area contributed by atoms with Crippen molar-refractivity contribution in [2.24, 2.45) is 0 Å². The summed E-state index contributed by atoms with van der Waals surface area (Å²) in [6.07, 6.45) is 5.28. The molecule has 0 saturated heterocycles. The highest BCUT2D eigenvalue weighted by Gasteiger charge is 2.43. The first-order chi connectivity index (χ1) is 12.5. The third-order valence-corrected chi connectivity index (χ3v) is 4.96. The fraction of sp³-hybridized carbons (Fsp3) is 0.211. The van der Waals surface area contributed by atoms with E-state index in [1.807, 2.05) is 22.7 Å². The highest BCUT2D eigenvalue weighted by molar-refractivity contribution is 5.77. The third-order valence-electron chi connectivity index (χ3n) is 4.96. The molecule has 0 amide bonds. The molecule has 0 aliphatic heterocycles. The topological polar surface area (TPSA) is 56.2 Å². The van der Waals surface area contributed by atoms with Crippen molar-refractivity contribution < 1.29 is 13.2 Å². The van der Waals surface area contributed by atoms with Crippen molar-refractivity contribution in [1.29, 1.82) is 0 Å². The van der Waals surface area contributed by atoms with Gasteiger partial charge in [0.1, 0.15) is 23.2 Å². The number of nitrogens with zero attached hydrogens (tertiary/aromatic N) is 4. The number of hydrogen-bond donors (Lipinski definition) is 0. The maximum Gasteiger partial charge on any atom is 0.182 e. The van der Waals surface area contributed by atoms with Crippen LogP contribution in [0.3, 0.4) is 0 Å². The van der Waals surface area contributed by atoms with Gasteiger partial charge in [0.2, 0.25) is 0 Å². The number of fused-ring (bicyclic) bond motifs is 1. The van der Waals surface area contributed by atoms with E-state index in [0.717, 1.165) is 35.9 Å². The second kappa shape index (κ2) is 5.20. The molecule has 1 aliphatic rings. The highest BCUT2D eigenvalue weighted by Crippen LogP contribution is 2.46. The Labute approximate surface area is 147 Å². The van der Waals surface area contributed by atoms with Crippen molar-refractivity contribution in [3.05, 3.63) is 60.4 Å². The molecule has 0 atom stereocenters. The van der Waals surface area contributed by atoms with E-state index in [9.17, 15) is 8.78 Å². The molecular weight excluding hydrogens is 338 g/mol. The summed E-state index contributed by atoms with van der Waals surface area (Å²) in [7, 11) is 0. The zero-order valence-electron chi connectivity index (χ0n) is 13.9. The quantitative estimate of drug-likeness (QED) is 0.549. The van der Waals surface area contributed by atoms with E-state index in [-0.39, 0.29) is 11.0 Å². The lowest BCUT2D eigenvalue weighted by atomic mass is 10.1. The molecule has 3 aromatic heterocycles. The van der Waals surface area contributed by atoms with Gasteiger partial charge >= 0.3 is 0 Å². The first-order valence-corrected chi connectivity index (χ1v) is 8.30. The Bertz CT molecular complexity index is 1140. The van der Waals surface area contributed by atoms with E-state index in [1.165, 1.54) is 18.5 Å². The van der Waals surface area contributed by atoms with Gasteiger partial charge in [-0.05, 0) is 37.1 Å². The van der Waals surface area contributed by atoms with Gasteiger partial charge in [-0.2, -0.15) is 0 Å². The summed E-state index contributed by atoms with van der Waals surface area (Å²) >= 11 is 0. The van der Waals surface area contributed by atoms with Gasteiger partial charge in [-0.25, -0.2) is 13.8 Å². The lowest BCUT2D eigenvalue weighted by Gasteiger charge is -2.08. The van der Waals surface area contributed by atoms with Gasteiger partial charge in [0.25, 0.3) is 0 Å². The number of oxazole rings is 1. The van der Waals surface area contributed by atoms with Crippen LogP contribution in [0.2, 0.25) is 0 Å². The van der Waals surface area contributed by atoms with Crippen molar-refractivity contribution in [2.75, 3.05) is 0 Å². The molecule has 3 heterocycles. The van der Waals surface area contributed by atoms with Crippen molar-refractivity contribution in [3.8, 4) is 22.6 Å². The number of pyridine rings is 1. The minimum atomic E-state index is -0.684. The molecule has 1 fully saturated rings. The molecular formula is C19H14F2N4O. The Morgan fingerprint density at radius 2 is 1.96 bits per heavy atom. The van der Waals surface area contributed by atoms with Crippen LogP contribution in [0.1, 0.15) is 25.6 Å². The zero-order chi connectivity index (χ0) is 17.9. The van der Waals surface area contributed by atoms with Gasteiger partial charge in [0, 0.05) is 28.8 Å². The third kappa shape index (κ3) is 2.23. The summed E-state index contributed by atoms with van der Waals surface area (Å²) in [4.78, 5) is 4.13. The van der Waals surface area contributed by atoms with E-state index in [1.54, 1.807) is 0 Å². The Hall–Kier alpha value is -3.09. The average Bonchev–Trinajstić information content (AvgIpc) is 3.05. The molecule has 0 spiro atoms. The molecule has 26 heavy (non-hydrogen) atoms. The van der Waals surface area contributed by atoms with Gasteiger partial charge in [0.05, 0.1) is 0 Å². The van der Waals surface area contributed by atoms with Crippen molar-refractivity contribution in [2.45, 2.75) is 25.2 Å².